The van der Waals surface area contributed by atoms with Gasteiger partial charge >= 0.3 is 17.1 Å². The molecule has 2 fully saturated rings. The van der Waals surface area contributed by atoms with E-state index in [4.69, 9.17) is 0 Å². The molecule has 0 aliphatic heterocycles. The maximum Gasteiger partial charge on any atom is 2.00 e. The molecule has 0 atom stereocenters. The minimum absolute atomic E-state index is 0. The summed E-state index contributed by atoms with van der Waals surface area (Å²) in [6.45, 7) is 1.35. The van der Waals surface area contributed by atoms with E-state index in [1.54, 1.807) is 0 Å². The van der Waals surface area contributed by atoms with Gasteiger partial charge in [-0.1, -0.05) is 57.8 Å². The van der Waals surface area contributed by atoms with E-state index in [0.717, 1.165) is 10.4 Å². The molecular formula is C17H38ClFeN. The number of nitrogens with zero attached hydrogens (tertiary/aromatic N) is 1. The molecule has 0 unspecified atom stereocenters. The first-order valence-electron chi connectivity index (χ1n) is 7.38. The average Bonchev–Trinajstić information content (AvgIpc) is 2.90. The van der Waals surface area contributed by atoms with Gasteiger partial charge in [-0.3, -0.25) is 0 Å². The fraction of sp³-hybridized carbons (Fsp3) is 0.882. The van der Waals surface area contributed by atoms with Crippen molar-refractivity contribution in [3.63, 3.8) is 0 Å². The maximum absolute atomic E-state index is 2.29. The minimum atomic E-state index is 0. The minimum Gasteiger partial charge on any atom is -1.00 e. The van der Waals surface area contributed by atoms with Crippen LogP contribution < -0.4 is 12.4 Å². The van der Waals surface area contributed by atoms with Crippen LogP contribution in [-0.2, 0) is 17.1 Å². The molecule has 2 rings (SSSR count). The van der Waals surface area contributed by atoms with E-state index in [1.165, 1.54) is 70.8 Å². The number of rotatable bonds is 3. The van der Waals surface area contributed by atoms with Crippen LogP contribution in [0.2, 0.25) is 0 Å². The van der Waals surface area contributed by atoms with Crippen molar-refractivity contribution in [1.82, 2.24) is 0 Å². The van der Waals surface area contributed by atoms with Crippen molar-refractivity contribution in [3.05, 3.63) is 14.9 Å². The van der Waals surface area contributed by atoms with Crippen LogP contribution in [0.5, 0.6) is 0 Å². The van der Waals surface area contributed by atoms with Crippen molar-refractivity contribution < 1.29 is 34.0 Å². The van der Waals surface area contributed by atoms with Crippen LogP contribution in [0.25, 0.3) is 0 Å². The molecule has 0 radical (unpaired) electrons. The zero-order valence-corrected chi connectivity index (χ0v) is 16.4. The molecule has 126 valence electrons. The average molecular weight is 348 g/mol. The first-order chi connectivity index (χ1) is 7.58. The van der Waals surface area contributed by atoms with Crippen LogP contribution in [0, 0.1) is 20.8 Å². The van der Waals surface area contributed by atoms with Crippen LogP contribution in [-0.4, -0.2) is 32.2 Å². The molecule has 20 heavy (non-hydrogen) atoms. The Morgan fingerprint density at radius 3 is 1.40 bits per heavy atom. The smallest absolute Gasteiger partial charge is 1.00 e. The Morgan fingerprint density at radius 2 is 1.10 bits per heavy atom. The van der Waals surface area contributed by atoms with E-state index in [9.17, 15) is 0 Å². The summed E-state index contributed by atoms with van der Waals surface area (Å²) in [5.74, 6) is 1.06. The topological polar surface area (TPSA) is 0 Å². The van der Waals surface area contributed by atoms with E-state index in [0.29, 0.717) is 0 Å². The van der Waals surface area contributed by atoms with Crippen molar-refractivity contribution in [3.8, 4) is 0 Å². The molecule has 1 nitrogen and oxygen atoms in total. The van der Waals surface area contributed by atoms with Crippen molar-refractivity contribution in [2.45, 2.75) is 64.2 Å². The second-order valence-electron chi connectivity index (χ2n) is 6.72. The van der Waals surface area contributed by atoms with Crippen molar-refractivity contribution in [2.75, 3.05) is 27.7 Å². The zero-order valence-electron chi connectivity index (χ0n) is 14.5. The van der Waals surface area contributed by atoms with Gasteiger partial charge in [0, 0.05) is 0 Å². The fourth-order valence-electron chi connectivity index (χ4n) is 2.75. The van der Waals surface area contributed by atoms with Gasteiger partial charge in [-0.05, 0) is 12.3 Å². The van der Waals surface area contributed by atoms with E-state index in [1.807, 2.05) is 0 Å². The van der Waals surface area contributed by atoms with Gasteiger partial charge in [0.2, 0.25) is 0 Å². The third-order valence-corrected chi connectivity index (χ3v) is 3.93. The van der Waals surface area contributed by atoms with Crippen LogP contribution in [0.1, 0.15) is 64.2 Å². The van der Waals surface area contributed by atoms with Crippen molar-refractivity contribution in [1.29, 1.82) is 0 Å². The summed E-state index contributed by atoms with van der Waals surface area (Å²) in [6.07, 6.45) is 14.9. The van der Waals surface area contributed by atoms with Gasteiger partial charge < -0.3 is 31.7 Å². The summed E-state index contributed by atoms with van der Waals surface area (Å²) in [4.78, 5) is 0. The fourth-order valence-corrected chi connectivity index (χ4v) is 2.75. The van der Waals surface area contributed by atoms with Gasteiger partial charge in [-0.15, -0.1) is 0 Å². The molecule has 0 aromatic carbocycles. The Kier molecular flexibility index (Phi) is 23.3. The van der Waals surface area contributed by atoms with E-state index in [-0.39, 0.29) is 44.3 Å². The molecule has 0 amide bonds. The molecule has 2 aliphatic carbocycles. The van der Waals surface area contributed by atoms with Crippen molar-refractivity contribution >= 4 is 0 Å². The number of quaternary nitrogens is 1. The van der Waals surface area contributed by atoms with Crippen LogP contribution in [0.3, 0.4) is 0 Å². The molecule has 0 aromatic rings. The van der Waals surface area contributed by atoms with Crippen molar-refractivity contribution in [2.24, 2.45) is 5.92 Å². The molecule has 0 heterocycles. The monoisotopic (exact) mass is 347 g/mol. The molecule has 0 saturated heterocycles. The Balaban J connectivity index is -0.000000124. The summed E-state index contributed by atoms with van der Waals surface area (Å²) >= 11 is 0. The molecular weight excluding hydrogens is 309 g/mol. The van der Waals surface area contributed by atoms with E-state index in [2.05, 4.69) is 21.1 Å². The zero-order chi connectivity index (χ0) is 11.9. The Bertz CT molecular complexity index is 163. The van der Waals surface area contributed by atoms with E-state index < -0.39 is 0 Å². The molecule has 0 N–H and O–H groups in total. The molecule has 0 aromatic heterocycles. The van der Waals surface area contributed by atoms with Crippen LogP contribution in [0.4, 0.5) is 0 Å². The second kappa shape index (κ2) is 16.1. The third-order valence-electron chi connectivity index (χ3n) is 3.93. The summed E-state index contributed by atoms with van der Waals surface area (Å²) < 4.78 is 1.14. The van der Waals surface area contributed by atoms with Gasteiger partial charge in [-0.25, -0.2) is 0 Å². The third kappa shape index (κ3) is 16.8. The maximum atomic E-state index is 2.29. The summed E-state index contributed by atoms with van der Waals surface area (Å²) in [5.41, 5.74) is 0. The molecule has 0 spiro atoms. The summed E-state index contributed by atoms with van der Waals surface area (Å²) in [5, 5.41) is 0. The molecule has 2 saturated carbocycles. The standard InChI is InChI=1S/C10H22N.C5H10.2CH3.ClH.Fe/c1-11(2,3)9-8-10-6-4-5-7-10;1-2-4-5-3-1;;;;/h10H,4-9H2,1-3H3;1-5H2;2*1H3;1H;/q+1;;2*-1;;+2/p-1. The molecule has 0 bridgehead atoms. The Labute approximate surface area is 146 Å². The SMILES string of the molecule is C1CCCC1.C[N+](C)(C)CCC1CCCC1.[CH3-].[CH3-].[Cl-].[Fe+2]. The summed E-state index contributed by atoms with van der Waals surface area (Å²) in [7, 11) is 6.86. The van der Waals surface area contributed by atoms with Gasteiger partial charge in [0.05, 0.1) is 27.7 Å². The molecule has 3 heteroatoms. The van der Waals surface area contributed by atoms with Crippen LogP contribution >= 0.6 is 0 Å². The number of hydrogen-bond acceptors (Lipinski definition) is 0. The largest absolute Gasteiger partial charge is 2.00 e. The predicted octanol–water partition coefficient (Wildman–Crippen LogP) is 2.13. The van der Waals surface area contributed by atoms with E-state index >= 15 is 0 Å². The Morgan fingerprint density at radius 1 is 0.750 bits per heavy atom. The normalized spacial score (nSPS) is 17.6. The van der Waals surface area contributed by atoms with Gasteiger partial charge in [0.15, 0.2) is 0 Å². The summed E-state index contributed by atoms with van der Waals surface area (Å²) in [6, 6.07) is 0. The van der Waals surface area contributed by atoms with Gasteiger partial charge in [0.25, 0.3) is 0 Å². The number of halogens is 1. The Hall–Kier alpha value is 0.769. The van der Waals surface area contributed by atoms with Crippen LogP contribution in [0.15, 0.2) is 0 Å². The van der Waals surface area contributed by atoms with Gasteiger partial charge in [0.1, 0.15) is 0 Å². The molecule has 2 aliphatic rings. The first-order valence-corrected chi connectivity index (χ1v) is 7.38. The first kappa shape index (κ1) is 28.9. The second-order valence-corrected chi connectivity index (χ2v) is 6.72. The quantitative estimate of drug-likeness (QED) is 0.417. The predicted molar refractivity (Wildman–Crippen MR) is 85.4 cm³/mol. The van der Waals surface area contributed by atoms with Gasteiger partial charge in [-0.2, -0.15) is 0 Å². The number of hydrogen-bond donors (Lipinski definition) is 0.